The van der Waals surface area contributed by atoms with Gasteiger partial charge in [-0.05, 0) is 31.5 Å². The van der Waals surface area contributed by atoms with Crippen molar-refractivity contribution in [3.63, 3.8) is 0 Å². The zero-order valence-electron chi connectivity index (χ0n) is 23.9. The third-order valence-corrected chi connectivity index (χ3v) is 7.00. The van der Waals surface area contributed by atoms with E-state index in [-0.39, 0.29) is 29.0 Å². The molecule has 1 aromatic heterocycles. The fourth-order valence-electron chi connectivity index (χ4n) is 3.34. The number of amides is 5. The topological polar surface area (TPSA) is 247 Å². The van der Waals surface area contributed by atoms with Crippen LogP contribution in [0.25, 0.3) is 0 Å². The second-order valence-corrected chi connectivity index (χ2v) is 11.0. The standard InChI is InChI=1S/C25H25Cl2N7O11S/c1-25(2,22(39)43-9-12-3-5-13(6-4-12)34(41)42)45-33-19(15-11-46-23(29-15)30-16(35)7-26)21(38)32-18-14(28-20(18)37)10-44-24(40)31-17(36)8-27/h3-6,11,14,18H,7-10H2,1-2H3,(H,28,37)(H,32,38)(H,29,30,35)(H,31,36,40)/t14-,18+/m0/s1. The largest absolute Gasteiger partial charge is 0.458 e. The lowest BCUT2D eigenvalue weighted by Gasteiger charge is -2.36. The summed E-state index contributed by atoms with van der Waals surface area (Å²) in [7, 11) is 0. The maximum absolute atomic E-state index is 13.3. The predicted octanol–water partition coefficient (Wildman–Crippen LogP) is 0.946. The summed E-state index contributed by atoms with van der Waals surface area (Å²) < 4.78 is 10.1. The molecule has 18 nitrogen and oxygen atoms in total. The van der Waals surface area contributed by atoms with Gasteiger partial charge in [0.05, 0.1) is 11.0 Å². The number of benzene rings is 1. The minimum Gasteiger partial charge on any atom is -0.458 e. The van der Waals surface area contributed by atoms with Gasteiger partial charge in [-0.15, -0.1) is 34.5 Å². The third-order valence-electron chi connectivity index (χ3n) is 5.76. The van der Waals surface area contributed by atoms with Gasteiger partial charge < -0.3 is 30.3 Å². The fourth-order valence-corrected chi connectivity index (χ4v) is 4.18. The number of β-lactam (4-membered cyclic amide) rings is 1. The van der Waals surface area contributed by atoms with Gasteiger partial charge in [0, 0.05) is 17.5 Å². The Morgan fingerprint density at radius 1 is 1.11 bits per heavy atom. The van der Waals surface area contributed by atoms with Crippen molar-refractivity contribution in [1.82, 2.24) is 20.9 Å². The molecule has 1 aliphatic heterocycles. The predicted molar refractivity (Wildman–Crippen MR) is 160 cm³/mol. The van der Waals surface area contributed by atoms with Crippen LogP contribution in [-0.4, -0.2) is 87.4 Å². The zero-order valence-corrected chi connectivity index (χ0v) is 26.2. The zero-order chi connectivity index (χ0) is 34.0. The normalized spacial score (nSPS) is 15.8. The molecule has 0 unspecified atom stereocenters. The van der Waals surface area contributed by atoms with Crippen molar-refractivity contribution in [3.8, 4) is 0 Å². The van der Waals surface area contributed by atoms with Crippen LogP contribution in [0.4, 0.5) is 15.6 Å². The van der Waals surface area contributed by atoms with Gasteiger partial charge in [-0.1, -0.05) is 5.16 Å². The van der Waals surface area contributed by atoms with Crippen molar-refractivity contribution in [1.29, 1.82) is 0 Å². The average Bonchev–Trinajstić information content (AvgIpc) is 3.48. The third kappa shape index (κ3) is 9.81. The van der Waals surface area contributed by atoms with Crippen LogP contribution in [-0.2, 0) is 44.9 Å². The van der Waals surface area contributed by atoms with Crippen LogP contribution in [0.5, 0.6) is 0 Å². The Morgan fingerprint density at radius 2 is 1.78 bits per heavy atom. The van der Waals surface area contributed by atoms with Crippen LogP contribution < -0.4 is 21.3 Å². The van der Waals surface area contributed by atoms with E-state index >= 15 is 0 Å². The summed E-state index contributed by atoms with van der Waals surface area (Å²) in [5.74, 6) is -4.79. The summed E-state index contributed by atoms with van der Waals surface area (Å²) in [4.78, 5) is 92.7. The first-order valence-corrected chi connectivity index (χ1v) is 14.8. The molecule has 2 atom stereocenters. The highest BCUT2D eigenvalue weighted by Crippen LogP contribution is 2.20. The molecular weight excluding hydrogens is 677 g/mol. The first-order valence-electron chi connectivity index (χ1n) is 12.9. The highest BCUT2D eigenvalue weighted by molar-refractivity contribution is 7.14. The second-order valence-electron chi connectivity index (χ2n) is 9.61. The number of non-ortho nitro benzene ring substituents is 1. The number of nitro benzene ring substituents is 1. The maximum Gasteiger partial charge on any atom is 0.413 e. The summed E-state index contributed by atoms with van der Waals surface area (Å²) in [6, 6.07) is 3.19. The molecule has 5 amide bonds. The molecule has 0 aliphatic carbocycles. The first kappa shape index (κ1) is 35.6. The average molecular weight is 702 g/mol. The number of halogens is 2. The highest BCUT2D eigenvalue weighted by Gasteiger charge is 2.42. The van der Waals surface area contributed by atoms with E-state index in [4.69, 9.17) is 37.5 Å². The lowest BCUT2D eigenvalue weighted by molar-refractivity contribution is -0.384. The lowest BCUT2D eigenvalue weighted by atomic mass is 9.99. The molecule has 1 saturated heterocycles. The number of esters is 1. The molecule has 21 heteroatoms. The number of hydrogen-bond donors (Lipinski definition) is 4. The van der Waals surface area contributed by atoms with Crippen LogP contribution in [0.1, 0.15) is 25.1 Å². The van der Waals surface area contributed by atoms with Crippen molar-refractivity contribution < 1.29 is 48.0 Å². The number of alkyl halides is 2. The van der Waals surface area contributed by atoms with E-state index in [9.17, 15) is 38.9 Å². The lowest BCUT2D eigenvalue weighted by Crippen LogP contribution is -2.71. The number of nitrogens with one attached hydrogen (secondary N) is 4. The molecule has 0 saturated carbocycles. The Hall–Kier alpha value is -4.88. The van der Waals surface area contributed by atoms with Gasteiger partial charge in [0.25, 0.3) is 11.6 Å². The summed E-state index contributed by atoms with van der Waals surface area (Å²) in [5, 5.41) is 25.1. The van der Waals surface area contributed by atoms with Gasteiger partial charge in [-0.3, -0.25) is 34.6 Å². The Morgan fingerprint density at radius 3 is 2.39 bits per heavy atom. The van der Waals surface area contributed by atoms with Gasteiger partial charge in [0.15, 0.2) is 10.8 Å². The molecule has 1 aliphatic rings. The van der Waals surface area contributed by atoms with E-state index in [2.05, 4.69) is 26.1 Å². The molecule has 3 rings (SSSR count). The van der Waals surface area contributed by atoms with E-state index < -0.39 is 76.5 Å². The number of oxime groups is 1. The number of anilines is 1. The minimum absolute atomic E-state index is 0.0492. The monoisotopic (exact) mass is 701 g/mol. The summed E-state index contributed by atoms with van der Waals surface area (Å²) in [6.45, 7) is 1.91. The summed E-state index contributed by atoms with van der Waals surface area (Å²) >= 11 is 11.7. The molecule has 2 aromatic rings. The number of carbonyl (C=O) groups excluding carboxylic acids is 6. The Labute approximate surface area is 273 Å². The van der Waals surface area contributed by atoms with Gasteiger partial charge in [0.1, 0.15) is 36.7 Å². The van der Waals surface area contributed by atoms with Gasteiger partial charge >= 0.3 is 12.1 Å². The number of rotatable bonds is 14. The van der Waals surface area contributed by atoms with E-state index in [1.807, 2.05) is 5.32 Å². The molecule has 0 bridgehead atoms. The van der Waals surface area contributed by atoms with Gasteiger partial charge in [-0.25, -0.2) is 14.6 Å². The fraction of sp³-hybridized carbons (Fsp3) is 0.360. The number of nitrogens with zero attached hydrogens (tertiary/aromatic N) is 3. The van der Waals surface area contributed by atoms with Crippen LogP contribution in [0.15, 0.2) is 34.8 Å². The Bertz CT molecular complexity index is 1550. The van der Waals surface area contributed by atoms with E-state index in [0.29, 0.717) is 5.56 Å². The highest BCUT2D eigenvalue weighted by atomic mass is 35.5. The number of carbonyl (C=O) groups is 6. The number of aromatic nitrogens is 1. The maximum atomic E-state index is 13.3. The quantitative estimate of drug-likeness (QED) is 0.0537. The van der Waals surface area contributed by atoms with E-state index in [1.165, 1.54) is 43.5 Å². The van der Waals surface area contributed by atoms with Crippen LogP contribution in [0.2, 0.25) is 0 Å². The number of ether oxygens (including phenoxy) is 2. The van der Waals surface area contributed by atoms with Crippen molar-refractivity contribution in [2.75, 3.05) is 23.7 Å². The molecule has 46 heavy (non-hydrogen) atoms. The molecule has 1 fully saturated rings. The molecule has 0 spiro atoms. The number of nitro groups is 1. The second kappa shape index (κ2) is 15.9. The number of thiazole rings is 1. The summed E-state index contributed by atoms with van der Waals surface area (Å²) in [5.41, 5.74) is -2.10. The van der Waals surface area contributed by atoms with Gasteiger partial charge in [-0.2, -0.15) is 0 Å². The van der Waals surface area contributed by atoms with Crippen molar-refractivity contribution in [3.05, 3.63) is 51.0 Å². The first-order chi connectivity index (χ1) is 21.7. The molecule has 0 radical (unpaired) electrons. The van der Waals surface area contributed by atoms with Crippen molar-refractivity contribution >= 4 is 86.8 Å². The van der Waals surface area contributed by atoms with Crippen molar-refractivity contribution in [2.45, 2.75) is 38.1 Å². The van der Waals surface area contributed by atoms with Gasteiger partial charge in [0.2, 0.25) is 23.3 Å². The van der Waals surface area contributed by atoms with Crippen LogP contribution in [0.3, 0.4) is 0 Å². The molecule has 246 valence electrons. The SMILES string of the molecule is CC(C)(ON=C(C(=O)N[C@H]1C(=O)N[C@H]1COC(=O)NC(=O)CCl)c1csc(NC(=O)CCl)n1)C(=O)OCc1ccc([N+](=O)[O-])cc1. The Kier molecular flexibility index (Phi) is 12.3. The number of hydrogen-bond acceptors (Lipinski definition) is 14. The van der Waals surface area contributed by atoms with E-state index in [0.717, 1.165) is 11.3 Å². The van der Waals surface area contributed by atoms with Crippen LogP contribution in [0, 0.1) is 10.1 Å². The van der Waals surface area contributed by atoms with E-state index in [1.54, 1.807) is 0 Å². The molecule has 4 N–H and O–H groups in total. The van der Waals surface area contributed by atoms with Crippen LogP contribution >= 0.6 is 34.5 Å². The Balaban J connectivity index is 1.74. The molecular formula is C25H25Cl2N7O11S. The number of alkyl carbamates (subject to hydrolysis) is 1. The molecule has 2 heterocycles. The smallest absolute Gasteiger partial charge is 0.413 e. The minimum atomic E-state index is -1.78. The summed E-state index contributed by atoms with van der Waals surface area (Å²) in [6.07, 6.45) is -1.12. The number of imide groups is 1. The molecule has 1 aromatic carbocycles. The van der Waals surface area contributed by atoms with Crippen molar-refractivity contribution in [2.24, 2.45) is 5.16 Å².